The monoisotopic (exact) mass is 210 g/mol. The van der Waals surface area contributed by atoms with Crippen LogP contribution in [0.2, 0.25) is 0 Å². The van der Waals surface area contributed by atoms with Gasteiger partial charge in [0.05, 0.1) is 6.61 Å². The fourth-order valence-corrected chi connectivity index (χ4v) is 1.96. The van der Waals surface area contributed by atoms with Crippen LogP contribution in [0.1, 0.15) is 0 Å². The predicted octanol–water partition coefficient (Wildman–Crippen LogP) is -1.85. The summed E-state index contributed by atoms with van der Waals surface area (Å²) in [6.07, 6.45) is -2.72. The summed E-state index contributed by atoms with van der Waals surface area (Å²) in [6.45, 7) is -0.373. The van der Waals surface area contributed by atoms with Gasteiger partial charge in [0, 0.05) is 0 Å². The highest BCUT2D eigenvalue weighted by molar-refractivity contribution is 7.99. The van der Waals surface area contributed by atoms with Crippen molar-refractivity contribution in [2.45, 2.75) is 29.9 Å². The Hall–Kier alpha value is 0.150. The van der Waals surface area contributed by atoms with Gasteiger partial charge in [0.2, 0.25) is 0 Å². The van der Waals surface area contributed by atoms with Gasteiger partial charge in [-0.3, -0.25) is 0 Å². The molecule has 1 aliphatic rings. The minimum atomic E-state index is -1.26. The van der Waals surface area contributed by atoms with Gasteiger partial charge in [-0.05, 0) is 6.26 Å². The van der Waals surface area contributed by atoms with Crippen molar-refractivity contribution in [1.29, 1.82) is 0 Å². The van der Waals surface area contributed by atoms with Crippen LogP contribution in [0.15, 0.2) is 0 Å². The highest BCUT2D eigenvalue weighted by atomic mass is 32.2. The van der Waals surface area contributed by atoms with E-state index in [0.717, 1.165) is 0 Å². The molecule has 0 unspecified atom stereocenters. The summed E-state index contributed by atoms with van der Waals surface area (Å²) in [5.74, 6) is 0. The molecule has 1 aliphatic heterocycles. The lowest BCUT2D eigenvalue weighted by Gasteiger charge is -2.39. The van der Waals surface area contributed by atoms with Gasteiger partial charge in [-0.15, -0.1) is 11.8 Å². The van der Waals surface area contributed by atoms with E-state index in [1.54, 1.807) is 6.26 Å². The summed E-state index contributed by atoms with van der Waals surface area (Å²) >= 11 is 1.22. The molecule has 0 bridgehead atoms. The van der Waals surface area contributed by atoms with Gasteiger partial charge in [-0.25, -0.2) is 0 Å². The minimum absolute atomic E-state index is 0.373. The van der Waals surface area contributed by atoms with Crippen LogP contribution in [-0.4, -0.2) is 63.1 Å². The van der Waals surface area contributed by atoms with Crippen LogP contribution < -0.4 is 0 Å². The molecule has 4 N–H and O–H groups in total. The maximum absolute atomic E-state index is 9.38. The van der Waals surface area contributed by atoms with Crippen molar-refractivity contribution in [3.63, 3.8) is 0 Å². The third-order valence-corrected chi connectivity index (χ3v) is 2.94. The molecular weight excluding hydrogens is 196 g/mol. The average Bonchev–Trinajstić information content (AvgIpc) is 2.15. The van der Waals surface area contributed by atoms with E-state index in [-0.39, 0.29) is 6.61 Å². The second-order valence-corrected chi connectivity index (χ2v) is 3.87. The first kappa shape index (κ1) is 11.2. The molecule has 1 fully saturated rings. The lowest BCUT2D eigenvalue weighted by Crippen LogP contribution is -2.57. The van der Waals surface area contributed by atoms with Crippen LogP contribution in [0.5, 0.6) is 0 Å². The van der Waals surface area contributed by atoms with Crippen LogP contribution >= 0.6 is 11.8 Å². The van der Waals surface area contributed by atoms with E-state index in [4.69, 9.17) is 9.84 Å². The van der Waals surface area contributed by atoms with Gasteiger partial charge in [-0.1, -0.05) is 0 Å². The third kappa shape index (κ3) is 2.15. The molecule has 0 aromatic carbocycles. The lowest BCUT2D eigenvalue weighted by molar-refractivity contribution is -0.205. The predicted molar refractivity (Wildman–Crippen MR) is 47.3 cm³/mol. The van der Waals surface area contributed by atoms with E-state index in [9.17, 15) is 15.3 Å². The summed E-state index contributed by atoms with van der Waals surface area (Å²) in [5, 5.41) is 36.8. The smallest absolute Gasteiger partial charge is 0.132 e. The van der Waals surface area contributed by atoms with E-state index >= 15 is 0 Å². The number of hydrogen-bond acceptors (Lipinski definition) is 6. The van der Waals surface area contributed by atoms with Crippen LogP contribution in [-0.2, 0) is 4.74 Å². The Labute approximate surface area is 80.3 Å². The molecule has 1 saturated heterocycles. The summed E-state index contributed by atoms with van der Waals surface area (Å²) in [7, 11) is 0. The maximum Gasteiger partial charge on any atom is 0.132 e. The number of thioether (sulfide) groups is 1. The molecule has 0 aliphatic carbocycles. The van der Waals surface area contributed by atoms with Crippen LogP contribution in [0.25, 0.3) is 0 Å². The molecule has 5 nitrogen and oxygen atoms in total. The zero-order valence-electron chi connectivity index (χ0n) is 7.20. The van der Waals surface area contributed by atoms with Crippen molar-refractivity contribution in [1.82, 2.24) is 0 Å². The van der Waals surface area contributed by atoms with E-state index in [1.165, 1.54) is 11.8 Å². The number of aliphatic hydroxyl groups is 4. The van der Waals surface area contributed by atoms with Crippen molar-refractivity contribution >= 4 is 11.8 Å². The quantitative estimate of drug-likeness (QED) is 0.428. The first-order valence-corrected chi connectivity index (χ1v) is 5.24. The van der Waals surface area contributed by atoms with E-state index < -0.39 is 29.9 Å². The van der Waals surface area contributed by atoms with Crippen molar-refractivity contribution in [2.75, 3.05) is 12.9 Å². The van der Waals surface area contributed by atoms with Crippen LogP contribution in [0.4, 0.5) is 0 Å². The second-order valence-electron chi connectivity index (χ2n) is 2.93. The van der Waals surface area contributed by atoms with Gasteiger partial charge in [-0.2, -0.15) is 0 Å². The zero-order valence-corrected chi connectivity index (χ0v) is 8.02. The van der Waals surface area contributed by atoms with Gasteiger partial charge >= 0.3 is 0 Å². The van der Waals surface area contributed by atoms with Crippen molar-refractivity contribution in [3.05, 3.63) is 0 Å². The topological polar surface area (TPSA) is 90.2 Å². The Bertz CT molecular complexity index is 147. The van der Waals surface area contributed by atoms with Gasteiger partial charge in [0.1, 0.15) is 29.9 Å². The average molecular weight is 210 g/mol. The molecule has 0 saturated carbocycles. The first-order valence-electron chi connectivity index (χ1n) is 3.95. The summed E-state index contributed by atoms with van der Waals surface area (Å²) < 4.78 is 5.13. The molecule has 1 rings (SSSR count). The Morgan fingerprint density at radius 3 is 2.23 bits per heavy atom. The largest absolute Gasteiger partial charge is 0.394 e. The van der Waals surface area contributed by atoms with Crippen LogP contribution in [0, 0.1) is 0 Å². The fraction of sp³-hybridized carbons (Fsp3) is 1.00. The molecule has 1 heterocycles. The fourth-order valence-electron chi connectivity index (χ4n) is 1.26. The van der Waals surface area contributed by atoms with Crippen LogP contribution in [0.3, 0.4) is 0 Å². The minimum Gasteiger partial charge on any atom is -0.394 e. The highest BCUT2D eigenvalue weighted by Gasteiger charge is 2.42. The zero-order chi connectivity index (χ0) is 10.0. The number of hydrogen-bond donors (Lipinski definition) is 4. The molecule has 78 valence electrons. The molecule has 0 spiro atoms. The highest BCUT2D eigenvalue weighted by Crippen LogP contribution is 2.26. The van der Waals surface area contributed by atoms with E-state index in [0.29, 0.717) is 0 Å². The molecule has 0 aromatic rings. The Morgan fingerprint density at radius 2 is 1.77 bits per heavy atom. The lowest BCUT2D eigenvalue weighted by atomic mass is 10.0. The van der Waals surface area contributed by atoms with E-state index in [1.807, 2.05) is 0 Å². The summed E-state index contributed by atoms with van der Waals surface area (Å²) in [4.78, 5) is 0. The van der Waals surface area contributed by atoms with E-state index in [2.05, 4.69) is 0 Å². The van der Waals surface area contributed by atoms with Gasteiger partial charge < -0.3 is 25.2 Å². The SMILES string of the molecule is CS[C@@H]1O[C@@H](CO)[C@H](O)[C@H](O)[C@H]1O. The third-order valence-electron chi connectivity index (χ3n) is 2.08. The summed E-state index contributed by atoms with van der Waals surface area (Å²) in [6, 6.07) is 0. The molecule has 0 amide bonds. The van der Waals surface area contributed by atoms with Gasteiger partial charge in [0.15, 0.2) is 0 Å². The van der Waals surface area contributed by atoms with Crippen molar-refractivity contribution < 1.29 is 25.2 Å². The Morgan fingerprint density at radius 1 is 1.15 bits per heavy atom. The maximum atomic E-state index is 9.38. The number of ether oxygens (including phenoxy) is 1. The Kier molecular flexibility index (Phi) is 3.96. The standard InChI is InChI=1S/C7H14O5S/c1-13-7-6(11)5(10)4(9)3(2-8)12-7/h3-11H,2H2,1H3/t3-,4-,5-,6+,7-/m0/s1. The molecule has 0 radical (unpaired) electrons. The Balaban J connectivity index is 2.66. The normalized spacial score (nSPS) is 46.4. The molecular formula is C7H14O5S. The number of rotatable bonds is 2. The molecule has 6 heteroatoms. The first-order chi connectivity index (χ1) is 6.11. The molecule has 13 heavy (non-hydrogen) atoms. The van der Waals surface area contributed by atoms with Crippen molar-refractivity contribution in [3.8, 4) is 0 Å². The number of aliphatic hydroxyl groups excluding tert-OH is 4. The van der Waals surface area contributed by atoms with Gasteiger partial charge in [0.25, 0.3) is 0 Å². The second kappa shape index (κ2) is 4.59. The molecule has 5 atom stereocenters. The summed E-state index contributed by atoms with van der Waals surface area (Å²) in [5.41, 5.74) is -0.601. The van der Waals surface area contributed by atoms with Crippen molar-refractivity contribution in [2.24, 2.45) is 0 Å². The molecule has 0 aromatic heterocycles.